The fourth-order valence-corrected chi connectivity index (χ4v) is 7.72. The van der Waals surface area contributed by atoms with Gasteiger partial charge in [0, 0.05) is 17.7 Å². The predicted molar refractivity (Wildman–Crippen MR) is 207 cm³/mol. The number of benzene rings is 5. The summed E-state index contributed by atoms with van der Waals surface area (Å²) in [5.74, 6) is 0. The van der Waals surface area contributed by atoms with E-state index in [1.165, 1.54) is 16.8 Å². The minimum atomic E-state index is -6.13. The van der Waals surface area contributed by atoms with E-state index in [-0.39, 0.29) is 6.54 Å². The van der Waals surface area contributed by atoms with E-state index in [1.54, 1.807) is 18.2 Å². The third-order valence-electron chi connectivity index (χ3n) is 10.9. The molecule has 0 bridgehead atoms. The normalized spacial score (nSPS) is 13.7. The molecule has 0 aliphatic heterocycles. The zero-order valence-electron chi connectivity index (χ0n) is 35.6. The maximum atomic E-state index is 14.2. The van der Waals surface area contributed by atoms with Crippen LogP contribution in [0, 0.1) is 0 Å². The van der Waals surface area contributed by atoms with Crippen molar-refractivity contribution in [3.05, 3.63) is 183 Å². The number of rotatable bonds is 6. The van der Waals surface area contributed by atoms with Gasteiger partial charge in [0.05, 0.1) is 44.5 Å². The van der Waals surface area contributed by atoms with Crippen molar-refractivity contribution in [2.24, 2.45) is 0 Å². The molecular weight excluding hydrogens is 1080 g/mol. The van der Waals surface area contributed by atoms with E-state index in [0.717, 1.165) is 11.6 Å². The summed E-state index contributed by atoms with van der Waals surface area (Å²) in [6.07, 6.45) is -57.7. The van der Waals surface area contributed by atoms with Crippen LogP contribution >= 0.6 is 0 Å². The van der Waals surface area contributed by atoms with Crippen LogP contribution < -0.4 is 26.4 Å². The molecule has 0 fully saturated rings. The van der Waals surface area contributed by atoms with Crippen molar-refractivity contribution in [2.45, 2.75) is 62.1 Å². The molecule has 5 aromatic carbocycles. The molecule has 0 amide bonds. The van der Waals surface area contributed by atoms with E-state index >= 15 is 0 Å². The van der Waals surface area contributed by atoms with Gasteiger partial charge < -0.3 is 0 Å². The van der Waals surface area contributed by atoms with E-state index in [9.17, 15) is 119 Å². The largest absolute Gasteiger partial charge is 0.477 e. The number of hydrogen-bond acceptors (Lipinski definition) is 0. The molecule has 0 atom stereocenters. The van der Waals surface area contributed by atoms with Crippen LogP contribution in [-0.4, -0.2) is 6.15 Å². The van der Waals surface area contributed by atoms with Crippen LogP contribution in [-0.2, 0) is 62.1 Å². The maximum absolute atomic E-state index is 14.2. The Hall–Kier alpha value is -6.58. The summed E-state index contributed by atoms with van der Waals surface area (Å²) in [4.78, 5) is 0. The van der Waals surface area contributed by atoms with Gasteiger partial charge in [-0.2, -0.15) is 145 Å². The lowest BCUT2D eigenvalue weighted by Gasteiger charge is -2.46. The van der Waals surface area contributed by atoms with E-state index in [0.29, 0.717) is 0 Å². The summed E-state index contributed by atoms with van der Waals surface area (Å²) < 4.78 is 380. The average Bonchev–Trinajstić information content (AvgIpc) is 3.24. The van der Waals surface area contributed by atoms with Crippen LogP contribution in [0.1, 0.15) is 55.8 Å². The Kier molecular flexibility index (Phi) is 15.5. The molecule has 0 spiro atoms. The molecule has 6 aromatic rings. The Morgan fingerprint density at radius 1 is 0.270 bits per heavy atom. The van der Waals surface area contributed by atoms with E-state index in [4.69, 9.17) is 0 Å². The van der Waals surface area contributed by atoms with Gasteiger partial charge >= 0.3 is 55.6 Å². The van der Waals surface area contributed by atoms with Crippen LogP contribution in [0.3, 0.4) is 0 Å². The molecule has 1 aromatic heterocycles. The van der Waals surface area contributed by atoms with Gasteiger partial charge in [0.1, 0.15) is 6.15 Å². The van der Waals surface area contributed by atoms with Gasteiger partial charge in [-0.15, -0.1) is 0 Å². The SMILES string of the molecule is FC(F)(F)c1cc([B-](c2cc(C(F)(F)F)cc(C(F)(F)F)c2)(c2cc(C(F)(F)F)cc(C(F)(F)F)c2)c2cc(C(F)(F)F)cc(C(F)(F)F)c2)cc(C(F)(F)F)c1.FC(F)(F)c1cccc[n+]1Cc1ccccc1. The number of halogens is 27. The maximum Gasteiger partial charge on any atom is 0.477 e. The minimum Gasteiger partial charge on any atom is -0.194 e. The van der Waals surface area contributed by atoms with Gasteiger partial charge in [-0.05, 0) is 30.3 Å². The molecule has 0 unspecified atom stereocenters. The Balaban J connectivity index is 0.000000500. The highest BCUT2D eigenvalue weighted by molar-refractivity contribution is 7.20. The lowest BCUT2D eigenvalue weighted by atomic mass is 9.12. The number of aromatic nitrogens is 1. The van der Waals surface area contributed by atoms with Crippen molar-refractivity contribution in [2.75, 3.05) is 0 Å². The summed E-state index contributed by atoms with van der Waals surface area (Å²) in [6, 6.07) is 4.34. The van der Waals surface area contributed by atoms with Crippen LogP contribution in [0.25, 0.3) is 0 Å². The molecule has 0 aliphatic rings. The lowest BCUT2D eigenvalue weighted by Crippen LogP contribution is -2.75. The van der Waals surface area contributed by atoms with Crippen molar-refractivity contribution in [3.63, 3.8) is 0 Å². The first-order valence-electron chi connectivity index (χ1n) is 19.8. The summed E-state index contributed by atoms with van der Waals surface area (Å²) in [6.45, 7) is 0.219. The molecule has 74 heavy (non-hydrogen) atoms. The van der Waals surface area contributed by atoms with Gasteiger partial charge in [-0.1, -0.05) is 78.9 Å². The van der Waals surface area contributed by atoms with E-state index in [1.807, 2.05) is 18.2 Å². The zero-order chi connectivity index (χ0) is 56.2. The first kappa shape index (κ1) is 58.3. The van der Waals surface area contributed by atoms with Gasteiger partial charge in [0.15, 0.2) is 12.7 Å². The van der Waals surface area contributed by atoms with Crippen molar-refractivity contribution in [3.8, 4) is 0 Å². The lowest BCUT2D eigenvalue weighted by molar-refractivity contribution is -0.707. The third-order valence-corrected chi connectivity index (χ3v) is 10.9. The summed E-state index contributed by atoms with van der Waals surface area (Å²) in [7, 11) is 0. The quantitative estimate of drug-likeness (QED) is 0.0889. The smallest absolute Gasteiger partial charge is 0.194 e. The highest BCUT2D eigenvalue weighted by atomic mass is 19.4. The molecule has 0 aliphatic carbocycles. The Morgan fingerprint density at radius 2 is 0.500 bits per heavy atom. The van der Waals surface area contributed by atoms with E-state index < -0.39 is 207 Å². The molecule has 0 saturated carbocycles. The standard InChI is InChI=1S/C32H12BF24.C13H11F3N/c34-25(35,36)13-1-14(26(37,38)39)6-21(5-13)33(22-7-15(27(40,41)42)2-16(8-22)28(43,44)45,23-9-17(29(46,47)48)3-18(10-23)30(49,50)51)24-11-19(31(52,53)54)4-20(12-24)32(55,56)57;14-13(15,16)12-8-4-5-9-17(12)10-11-6-2-1-3-7-11/h1-12H;1-9H,10H2/q-1;+1. The molecule has 0 saturated heterocycles. The molecule has 0 N–H and O–H groups in total. The Labute approximate surface area is 396 Å². The first-order chi connectivity index (χ1) is 33.3. The first-order valence-corrected chi connectivity index (χ1v) is 19.8. The van der Waals surface area contributed by atoms with Crippen molar-refractivity contribution in [1.29, 1.82) is 0 Å². The molecule has 400 valence electrons. The number of nitrogens with zero attached hydrogens (tertiary/aromatic N) is 1. The highest BCUT2D eigenvalue weighted by Gasteiger charge is 2.47. The molecule has 29 heteroatoms. The number of hydrogen-bond donors (Lipinski definition) is 0. The fourth-order valence-electron chi connectivity index (χ4n) is 7.72. The van der Waals surface area contributed by atoms with Crippen LogP contribution in [0.2, 0.25) is 0 Å². The van der Waals surface area contributed by atoms with Gasteiger partial charge in [-0.25, -0.2) is 0 Å². The zero-order valence-corrected chi connectivity index (χ0v) is 35.6. The minimum absolute atomic E-state index is 0.219. The monoisotopic (exact) mass is 1100 g/mol. The summed E-state index contributed by atoms with van der Waals surface area (Å²) in [5.41, 5.74) is -30.0. The van der Waals surface area contributed by atoms with Gasteiger partial charge in [-0.3, -0.25) is 0 Å². The summed E-state index contributed by atoms with van der Waals surface area (Å²) in [5, 5.41) is 0. The van der Waals surface area contributed by atoms with Crippen molar-refractivity contribution in [1.82, 2.24) is 0 Å². The van der Waals surface area contributed by atoms with Crippen molar-refractivity contribution < 1.29 is 123 Å². The highest BCUT2D eigenvalue weighted by Crippen LogP contribution is 2.41. The second-order valence-corrected chi connectivity index (χ2v) is 15.9. The van der Waals surface area contributed by atoms with Gasteiger partial charge in [0.2, 0.25) is 0 Å². The second kappa shape index (κ2) is 19.6. The average molecular weight is 1100 g/mol. The fraction of sp³-hybridized carbons (Fsp3) is 0.222. The van der Waals surface area contributed by atoms with Crippen LogP contribution in [0.4, 0.5) is 119 Å². The Bertz CT molecular complexity index is 2510. The molecule has 0 radical (unpaired) electrons. The molecule has 1 nitrogen and oxygen atoms in total. The number of alkyl halides is 27. The molecule has 6 rings (SSSR count). The summed E-state index contributed by atoms with van der Waals surface area (Å²) >= 11 is 0. The van der Waals surface area contributed by atoms with E-state index in [2.05, 4.69) is 0 Å². The van der Waals surface area contributed by atoms with Gasteiger partial charge in [0.25, 0.3) is 5.69 Å². The molecule has 1 heterocycles. The van der Waals surface area contributed by atoms with Crippen LogP contribution in [0.5, 0.6) is 0 Å². The predicted octanol–water partition coefficient (Wildman–Crippen LogP) is 14.3. The van der Waals surface area contributed by atoms with Crippen molar-refractivity contribution >= 4 is 28.0 Å². The third kappa shape index (κ3) is 13.4. The molecular formula is C45H23BF27N. The second-order valence-electron chi connectivity index (χ2n) is 15.9. The topological polar surface area (TPSA) is 3.88 Å². The number of pyridine rings is 1. The van der Waals surface area contributed by atoms with Crippen LogP contribution in [0.15, 0.2) is 128 Å². The Morgan fingerprint density at radius 3 is 0.716 bits per heavy atom.